The predicted molar refractivity (Wildman–Crippen MR) is 36.7 cm³/mol. The van der Waals surface area contributed by atoms with Gasteiger partial charge in [-0.25, -0.2) is 4.79 Å². The molecule has 0 aliphatic carbocycles. The Labute approximate surface area is 66.6 Å². The highest BCUT2D eigenvalue weighted by Gasteiger charge is 2.33. The summed E-state index contributed by atoms with van der Waals surface area (Å²) in [5, 5.41) is 23.1. The molecule has 0 unspecified atom stereocenters. The third-order valence-corrected chi connectivity index (χ3v) is 1.07. The molecule has 0 aliphatic heterocycles. The zero-order valence-corrected chi connectivity index (χ0v) is 6.14. The average Bonchev–Trinajstić information content (AvgIpc) is 1.86. The Morgan fingerprint density at radius 3 is 2.08 bits per heavy atom. The lowest BCUT2D eigenvalue weighted by Gasteiger charge is -2.10. The number of halogens is 2. The van der Waals surface area contributed by atoms with Gasteiger partial charge in [-0.2, -0.15) is 8.78 Å². The Hall–Kier alpha value is -1.46. The van der Waals surface area contributed by atoms with Crippen LogP contribution < -0.4 is 0 Å². The van der Waals surface area contributed by atoms with Crippen LogP contribution in [0.1, 0.15) is 6.92 Å². The van der Waals surface area contributed by atoms with Gasteiger partial charge in [-0.1, -0.05) is 0 Å². The summed E-state index contributed by atoms with van der Waals surface area (Å²) in [5.41, 5.74) is -2.53. The number of aliphatic hydroxyl groups is 1. The lowest BCUT2D eigenvalue weighted by atomic mass is 10.1. The quantitative estimate of drug-likeness (QED) is 0.345. The van der Waals surface area contributed by atoms with E-state index in [0.29, 0.717) is 6.92 Å². The second-order valence-corrected chi connectivity index (χ2v) is 2.11. The Bertz CT molecular complexity index is 242. The lowest BCUT2D eigenvalue weighted by molar-refractivity contribution is -0.132. The first-order chi connectivity index (χ1) is 5.30. The molecule has 6 heteroatoms. The molecule has 68 valence electrons. The van der Waals surface area contributed by atoms with Gasteiger partial charge in [-0.3, -0.25) is 5.41 Å². The zero-order chi connectivity index (χ0) is 9.94. The smallest absolute Gasteiger partial charge is 0.340 e. The van der Waals surface area contributed by atoms with Crippen LogP contribution in [0, 0.1) is 5.41 Å². The molecule has 0 aromatic rings. The van der Waals surface area contributed by atoms with Crippen LogP contribution in [0.3, 0.4) is 0 Å². The molecule has 0 amide bonds. The van der Waals surface area contributed by atoms with Gasteiger partial charge in [0.2, 0.25) is 0 Å². The molecule has 0 atom stereocenters. The van der Waals surface area contributed by atoms with Crippen molar-refractivity contribution in [3.8, 4) is 0 Å². The van der Waals surface area contributed by atoms with Crippen molar-refractivity contribution in [1.29, 1.82) is 5.41 Å². The average molecular weight is 179 g/mol. The van der Waals surface area contributed by atoms with Gasteiger partial charge in [0.05, 0.1) is 6.26 Å². The summed E-state index contributed by atoms with van der Waals surface area (Å²) in [4.78, 5) is 10.1. The number of alkyl halides is 2. The molecule has 0 rings (SSSR count). The SMILES string of the molecule is CC(F)(F)C(=N)/C(=C\O)C(=O)O. The Morgan fingerprint density at radius 1 is 1.58 bits per heavy atom. The molecule has 3 N–H and O–H groups in total. The van der Waals surface area contributed by atoms with Crippen molar-refractivity contribution >= 4 is 11.7 Å². The van der Waals surface area contributed by atoms with E-state index in [-0.39, 0.29) is 6.26 Å². The van der Waals surface area contributed by atoms with E-state index in [0.717, 1.165) is 0 Å². The number of aliphatic carboxylic acids is 1. The van der Waals surface area contributed by atoms with E-state index in [1.807, 2.05) is 0 Å². The third-order valence-electron chi connectivity index (χ3n) is 1.07. The molecule has 0 aliphatic rings. The standard InChI is InChI=1S/C6H7F2NO3/c1-6(7,8)4(9)3(2-10)5(11)12/h2,9-10H,1H3,(H,11,12)/b3-2+,9-4?. The van der Waals surface area contributed by atoms with Crippen LogP contribution in [0.15, 0.2) is 11.8 Å². The van der Waals surface area contributed by atoms with Crippen LogP contribution in [-0.4, -0.2) is 27.8 Å². The maximum absolute atomic E-state index is 12.3. The second kappa shape index (κ2) is 3.29. The van der Waals surface area contributed by atoms with Crippen molar-refractivity contribution < 1.29 is 23.8 Å². The van der Waals surface area contributed by atoms with Gasteiger partial charge in [0.1, 0.15) is 11.3 Å². The summed E-state index contributed by atoms with van der Waals surface area (Å²) < 4.78 is 24.5. The van der Waals surface area contributed by atoms with Crippen LogP contribution in [0.4, 0.5) is 8.78 Å². The van der Waals surface area contributed by atoms with Gasteiger partial charge in [-0.15, -0.1) is 0 Å². The molecule has 0 spiro atoms. The Balaban J connectivity index is 4.82. The summed E-state index contributed by atoms with van der Waals surface area (Å²) in [7, 11) is 0. The molecule has 0 heterocycles. The molecular weight excluding hydrogens is 172 g/mol. The van der Waals surface area contributed by atoms with Gasteiger partial charge in [-0.05, 0) is 0 Å². The maximum Gasteiger partial charge on any atom is 0.340 e. The number of carboxylic acids is 1. The Kier molecular flexibility index (Phi) is 2.89. The monoisotopic (exact) mass is 179 g/mol. The normalized spacial score (nSPS) is 12.8. The number of hydrogen-bond acceptors (Lipinski definition) is 3. The van der Waals surface area contributed by atoms with Crippen molar-refractivity contribution in [3.05, 3.63) is 11.8 Å². The highest BCUT2D eigenvalue weighted by Crippen LogP contribution is 2.18. The third kappa shape index (κ3) is 2.30. The van der Waals surface area contributed by atoms with Crippen molar-refractivity contribution in [1.82, 2.24) is 0 Å². The summed E-state index contributed by atoms with van der Waals surface area (Å²) in [6, 6.07) is 0. The molecule has 0 aromatic heterocycles. The summed E-state index contributed by atoms with van der Waals surface area (Å²) in [5.74, 6) is -5.32. The molecular formula is C6H7F2NO3. The van der Waals surface area contributed by atoms with Crippen LogP contribution in [0.25, 0.3) is 0 Å². The number of nitrogens with one attached hydrogen (secondary N) is 1. The summed E-state index contributed by atoms with van der Waals surface area (Å²) >= 11 is 0. The van der Waals surface area contributed by atoms with Crippen molar-refractivity contribution in [2.45, 2.75) is 12.8 Å². The van der Waals surface area contributed by atoms with Crippen molar-refractivity contribution in [3.63, 3.8) is 0 Å². The largest absolute Gasteiger partial charge is 0.515 e. The first-order valence-corrected chi connectivity index (χ1v) is 2.85. The van der Waals surface area contributed by atoms with Gasteiger partial charge in [0.25, 0.3) is 5.92 Å². The number of rotatable bonds is 3. The molecule has 0 bridgehead atoms. The Morgan fingerprint density at radius 2 is 2.00 bits per heavy atom. The molecule has 12 heavy (non-hydrogen) atoms. The summed E-state index contributed by atoms with van der Waals surface area (Å²) in [6.45, 7) is 0.377. The fraction of sp³-hybridized carbons (Fsp3) is 0.333. The second-order valence-electron chi connectivity index (χ2n) is 2.11. The minimum Gasteiger partial charge on any atom is -0.515 e. The highest BCUT2D eigenvalue weighted by molar-refractivity contribution is 6.20. The van der Waals surface area contributed by atoms with E-state index in [1.165, 1.54) is 0 Å². The number of hydrogen-bond donors (Lipinski definition) is 3. The molecule has 0 aromatic carbocycles. The molecule has 0 fully saturated rings. The number of carboxylic acid groups (broad SMARTS) is 1. The highest BCUT2D eigenvalue weighted by atomic mass is 19.3. The topological polar surface area (TPSA) is 81.4 Å². The lowest BCUT2D eigenvalue weighted by Crippen LogP contribution is -2.28. The number of carbonyl (C=O) groups is 1. The van der Waals surface area contributed by atoms with E-state index in [9.17, 15) is 13.6 Å². The molecule has 4 nitrogen and oxygen atoms in total. The fourth-order valence-corrected chi connectivity index (χ4v) is 0.463. The van der Waals surface area contributed by atoms with Gasteiger partial charge >= 0.3 is 5.97 Å². The van der Waals surface area contributed by atoms with E-state index >= 15 is 0 Å². The zero-order valence-electron chi connectivity index (χ0n) is 6.14. The van der Waals surface area contributed by atoms with E-state index in [2.05, 4.69) is 0 Å². The minimum absolute atomic E-state index is 0.0257. The van der Waals surface area contributed by atoms with Gasteiger partial charge in [0.15, 0.2) is 0 Å². The van der Waals surface area contributed by atoms with Crippen molar-refractivity contribution in [2.24, 2.45) is 0 Å². The molecule has 0 saturated carbocycles. The first-order valence-electron chi connectivity index (χ1n) is 2.85. The van der Waals surface area contributed by atoms with Gasteiger partial charge in [0, 0.05) is 6.92 Å². The fourth-order valence-electron chi connectivity index (χ4n) is 0.463. The molecule has 0 saturated heterocycles. The van der Waals surface area contributed by atoms with E-state index in [1.54, 1.807) is 0 Å². The van der Waals surface area contributed by atoms with E-state index in [4.69, 9.17) is 15.6 Å². The number of aliphatic hydroxyl groups excluding tert-OH is 1. The van der Waals surface area contributed by atoms with Gasteiger partial charge < -0.3 is 10.2 Å². The minimum atomic E-state index is -3.56. The van der Waals surface area contributed by atoms with Crippen LogP contribution in [-0.2, 0) is 4.79 Å². The van der Waals surface area contributed by atoms with Crippen LogP contribution in [0.2, 0.25) is 0 Å². The predicted octanol–water partition coefficient (Wildman–Crippen LogP) is 1.19. The van der Waals surface area contributed by atoms with Crippen LogP contribution in [0.5, 0.6) is 0 Å². The van der Waals surface area contributed by atoms with Crippen molar-refractivity contribution in [2.75, 3.05) is 0 Å². The molecule has 0 radical (unpaired) electrons. The van der Waals surface area contributed by atoms with E-state index < -0.39 is 23.2 Å². The summed E-state index contributed by atoms with van der Waals surface area (Å²) in [6.07, 6.45) is -0.0257. The van der Waals surface area contributed by atoms with Crippen LogP contribution >= 0.6 is 0 Å². The first kappa shape index (κ1) is 10.5. The maximum atomic E-state index is 12.3.